The van der Waals surface area contributed by atoms with E-state index in [1.165, 1.54) is 37.1 Å². The summed E-state index contributed by atoms with van der Waals surface area (Å²) in [4.78, 5) is 16.1. The Morgan fingerprint density at radius 2 is 1.89 bits per heavy atom. The second-order valence-electron chi connectivity index (χ2n) is 4.78. The third-order valence-electron chi connectivity index (χ3n) is 3.39. The monoisotopic (exact) mass is 250 g/mol. The zero-order valence-electron chi connectivity index (χ0n) is 10.7. The van der Waals surface area contributed by atoms with Crippen LogP contribution in [0.2, 0.25) is 0 Å². The van der Waals surface area contributed by atoms with Gasteiger partial charge in [0.25, 0.3) is 5.91 Å². The van der Waals surface area contributed by atoms with Crippen molar-refractivity contribution in [3.63, 3.8) is 0 Å². The maximum absolute atomic E-state index is 12.8. The van der Waals surface area contributed by atoms with Gasteiger partial charge in [-0.3, -0.25) is 4.79 Å². The van der Waals surface area contributed by atoms with Gasteiger partial charge < -0.3 is 9.80 Å². The summed E-state index contributed by atoms with van der Waals surface area (Å²) in [5.41, 5.74) is 0.542. The molecule has 1 fully saturated rings. The van der Waals surface area contributed by atoms with Crippen LogP contribution in [-0.4, -0.2) is 48.9 Å². The standard InChI is InChI=1S/C14H19FN2O/c1-16(10-11-17-8-2-3-9-17)14(18)12-4-6-13(15)7-5-12/h4-7H,2-3,8-11H2,1H3. The van der Waals surface area contributed by atoms with E-state index < -0.39 is 0 Å². The molecule has 98 valence electrons. The average Bonchev–Trinajstić information content (AvgIpc) is 2.89. The second kappa shape index (κ2) is 5.96. The molecular weight excluding hydrogens is 231 g/mol. The topological polar surface area (TPSA) is 23.6 Å². The van der Waals surface area contributed by atoms with E-state index in [1.807, 2.05) is 0 Å². The third-order valence-corrected chi connectivity index (χ3v) is 3.39. The van der Waals surface area contributed by atoms with Gasteiger partial charge in [-0.15, -0.1) is 0 Å². The molecule has 0 unspecified atom stereocenters. The first-order valence-electron chi connectivity index (χ1n) is 6.40. The van der Waals surface area contributed by atoms with Crippen LogP contribution in [0.3, 0.4) is 0 Å². The summed E-state index contributed by atoms with van der Waals surface area (Å²) in [6, 6.07) is 5.71. The van der Waals surface area contributed by atoms with E-state index in [-0.39, 0.29) is 11.7 Å². The minimum Gasteiger partial charge on any atom is -0.340 e. The quantitative estimate of drug-likeness (QED) is 0.816. The predicted molar refractivity (Wildman–Crippen MR) is 69.0 cm³/mol. The van der Waals surface area contributed by atoms with Crippen LogP contribution >= 0.6 is 0 Å². The Morgan fingerprint density at radius 1 is 1.28 bits per heavy atom. The summed E-state index contributed by atoms with van der Waals surface area (Å²) in [6.45, 7) is 3.91. The molecule has 0 saturated carbocycles. The van der Waals surface area contributed by atoms with E-state index in [1.54, 1.807) is 11.9 Å². The Morgan fingerprint density at radius 3 is 2.50 bits per heavy atom. The highest BCUT2D eigenvalue weighted by Gasteiger charge is 2.15. The average molecular weight is 250 g/mol. The second-order valence-corrected chi connectivity index (χ2v) is 4.78. The fourth-order valence-electron chi connectivity index (χ4n) is 2.21. The fraction of sp³-hybridized carbons (Fsp3) is 0.500. The van der Waals surface area contributed by atoms with Crippen LogP contribution in [0.4, 0.5) is 4.39 Å². The van der Waals surface area contributed by atoms with Gasteiger partial charge in [0.1, 0.15) is 5.82 Å². The SMILES string of the molecule is CN(CCN1CCCC1)C(=O)c1ccc(F)cc1. The number of likely N-dealkylation sites (tertiary alicyclic amines) is 1. The Bertz CT molecular complexity index is 399. The number of hydrogen-bond acceptors (Lipinski definition) is 2. The first-order chi connectivity index (χ1) is 8.66. The largest absolute Gasteiger partial charge is 0.340 e. The van der Waals surface area contributed by atoms with E-state index in [0.717, 1.165) is 26.2 Å². The van der Waals surface area contributed by atoms with Crippen molar-refractivity contribution in [2.75, 3.05) is 33.2 Å². The fourth-order valence-corrected chi connectivity index (χ4v) is 2.21. The van der Waals surface area contributed by atoms with Gasteiger partial charge in [0.2, 0.25) is 0 Å². The molecule has 2 rings (SSSR count). The molecule has 0 aliphatic carbocycles. The van der Waals surface area contributed by atoms with Crippen molar-refractivity contribution >= 4 is 5.91 Å². The first kappa shape index (κ1) is 13.0. The zero-order chi connectivity index (χ0) is 13.0. The Labute approximate surface area is 107 Å². The van der Waals surface area contributed by atoms with Gasteiger partial charge in [-0.05, 0) is 50.2 Å². The van der Waals surface area contributed by atoms with Crippen LogP contribution in [0.1, 0.15) is 23.2 Å². The van der Waals surface area contributed by atoms with Gasteiger partial charge in [0.15, 0.2) is 0 Å². The van der Waals surface area contributed by atoms with Gasteiger partial charge in [0, 0.05) is 25.7 Å². The third kappa shape index (κ3) is 3.29. The van der Waals surface area contributed by atoms with Crippen molar-refractivity contribution in [3.05, 3.63) is 35.6 Å². The van der Waals surface area contributed by atoms with Crippen molar-refractivity contribution in [1.29, 1.82) is 0 Å². The van der Waals surface area contributed by atoms with Gasteiger partial charge in [-0.25, -0.2) is 4.39 Å². The number of rotatable bonds is 4. The normalized spacial score (nSPS) is 15.9. The zero-order valence-corrected chi connectivity index (χ0v) is 10.7. The van der Waals surface area contributed by atoms with E-state index in [4.69, 9.17) is 0 Å². The van der Waals surface area contributed by atoms with Crippen molar-refractivity contribution in [2.24, 2.45) is 0 Å². The number of likely N-dealkylation sites (N-methyl/N-ethyl adjacent to an activating group) is 1. The molecule has 0 bridgehead atoms. The lowest BCUT2D eigenvalue weighted by Crippen LogP contribution is -2.35. The Hall–Kier alpha value is -1.42. The Kier molecular flexibility index (Phi) is 4.31. The molecule has 0 aromatic heterocycles. The number of hydrogen-bond donors (Lipinski definition) is 0. The number of halogens is 1. The highest BCUT2D eigenvalue weighted by Crippen LogP contribution is 2.08. The molecule has 0 atom stereocenters. The molecule has 1 aromatic rings. The molecule has 4 heteroatoms. The van der Waals surface area contributed by atoms with E-state index in [0.29, 0.717) is 5.56 Å². The van der Waals surface area contributed by atoms with E-state index >= 15 is 0 Å². The summed E-state index contributed by atoms with van der Waals surface area (Å²) in [6.07, 6.45) is 2.52. The molecule has 1 aliphatic rings. The van der Waals surface area contributed by atoms with Gasteiger partial charge >= 0.3 is 0 Å². The van der Waals surface area contributed by atoms with Crippen LogP contribution in [0.25, 0.3) is 0 Å². The molecule has 1 saturated heterocycles. The van der Waals surface area contributed by atoms with Gasteiger partial charge in [-0.1, -0.05) is 0 Å². The molecule has 0 radical (unpaired) electrons. The summed E-state index contributed by atoms with van der Waals surface area (Å²) in [7, 11) is 1.79. The summed E-state index contributed by atoms with van der Waals surface area (Å²) in [5.74, 6) is -0.361. The molecule has 1 amide bonds. The van der Waals surface area contributed by atoms with Crippen LogP contribution < -0.4 is 0 Å². The minimum absolute atomic E-state index is 0.0470. The molecule has 1 aliphatic heterocycles. The highest BCUT2D eigenvalue weighted by atomic mass is 19.1. The van der Waals surface area contributed by atoms with Gasteiger partial charge in [-0.2, -0.15) is 0 Å². The highest BCUT2D eigenvalue weighted by molar-refractivity contribution is 5.93. The van der Waals surface area contributed by atoms with Crippen molar-refractivity contribution in [1.82, 2.24) is 9.80 Å². The maximum atomic E-state index is 12.8. The lowest BCUT2D eigenvalue weighted by Gasteiger charge is -2.21. The molecule has 0 spiro atoms. The number of benzene rings is 1. The molecule has 0 N–H and O–H groups in total. The van der Waals surface area contributed by atoms with Crippen LogP contribution in [0, 0.1) is 5.82 Å². The Balaban J connectivity index is 1.85. The van der Waals surface area contributed by atoms with Gasteiger partial charge in [0.05, 0.1) is 0 Å². The van der Waals surface area contributed by atoms with Crippen LogP contribution in [0.5, 0.6) is 0 Å². The molecule has 1 heterocycles. The maximum Gasteiger partial charge on any atom is 0.253 e. The van der Waals surface area contributed by atoms with Crippen LogP contribution in [-0.2, 0) is 0 Å². The lowest BCUT2D eigenvalue weighted by atomic mass is 10.2. The number of carbonyl (C=O) groups excluding carboxylic acids is 1. The van der Waals surface area contributed by atoms with E-state index in [9.17, 15) is 9.18 Å². The smallest absolute Gasteiger partial charge is 0.253 e. The number of nitrogens with zero attached hydrogens (tertiary/aromatic N) is 2. The van der Waals surface area contributed by atoms with Crippen LogP contribution in [0.15, 0.2) is 24.3 Å². The van der Waals surface area contributed by atoms with Crippen molar-refractivity contribution < 1.29 is 9.18 Å². The number of amides is 1. The minimum atomic E-state index is -0.314. The van der Waals surface area contributed by atoms with E-state index in [2.05, 4.69) is 4.90 Å². The lowest BCUT2D eigenvalue weighted by molar-refractivity contribution is 0.0782. The molecular formula is C14H19FN2O. The van der Waals surface area contributed by atoms with Crippen molar-refractivity contribution in [3.8, 4) is 0 Å². The summed E-state index contributed by atoms with van der Waals surface area (Å²) in [5, 5.41) is 0. The summed E-state index contributed by atoms with van der Waals surface area (Å²) < 4.78 is 12.8. The summed E-state index contributed by atoms with van der Waals surface area (Å²) >= 11 is 0. The first-order valence-corrected chi connectivity index (χ1v) is 6.40. The molecule has 18 heavy (non-hydrogen) atoms. The number of carbonyl (C=O) groups is 1. The van der Waals surface area contributed by atoms with Crippen molar-refractivity contribution in [2.45, 2.75) is 12.8 Å². The predicted octanol–water partition coefficient (Wildman–Crippen LogP) is 1.99. The molecule has 1 aromatic carbocycles. The molecule has 3 nitrogen and oxygen atoms in total.